The molecule has 1 aliphatic heterocycles. The molecular weight excluding hydrogens is 477 g/mol. The number of nitrogens with one attached hydrogen (secondary N) is 1. The van der Waals surface area contributed by atoms with E-state index in [4.69, 9.17) is 4.74 Å². The maximum absolute atomic E-state index is 14.3. The molecule has 196 valence electrons. The first-order valence-corrected chi connectivity index (χ1v) is 12.8. The number of anilines is 1. The van der Waals surface area contributed by atoms with E-state index < -0.39 is 17.7 Å². The van der Waals surface area contributed by atoms with Crippen LogP contribution in [0.4, 0.5) is 18.9 Å². The lowest BCUT2D eigenvalue weighted by Gasteiger charge is -2.33. The number of benzene rings is 3. The number of piperidine rings is 1. The molecule has 0 radical (unpaired) electrons. The van der Waals surface area contributed by atoms with Gasteiger partial charge in [0.2, 0.25) is 5.91 Å². The first-order valence-electron chi connectivity index (χ1n) is 12.8. The van der Waals surface area contributed by atoms with Crippen molar-refractivity contribution in [2.24, 2.45) is 5.92 Å². The van der Waals surface area contributed by atoms with E-state index in [1.165, 1.54) is 23.8 Å². The Morgan fingerprint density at radius 3 is 2.35 bits per heavy atom. The van der Waals surface area contributed by atoms with Gasteiger partial charge in [0, 0.05) is 30.6 Å². The van der Waals surface area contributed by atoms with E-state index in [9.17, 15) is 18.0 Å². The highest BCUT2D eigenvalue weighted by Crippen LogP contribution is 2.32. The smallest absolute Gasteiger partial charge is 0.226 e. The van der Waals surface area contributed by atoms with Gasteiger partial charge in [0.15, 0.2) is 11.6 Å². The number of rotatable bonds is 9. The molecule has 4 nitrogen and oxygen atoms in total. The van der Waals surface area contributed by atoms with Gasteiger partial charge in [0.05, 0.1) is 0 Å². The van der Waals surface area contributed by atoms with Crippen LogP contribution < -0.4 is 10.1 Å². The van der Waals surface area contributed by atoms with E-state index in [1.807, 2.05) is 26.0 Å². The number of ether oxygens (including phenoxy) is 1. The van der Waals surface area contributed by atoms with E-state index in [0.717, 1.165) is 55.9 Å². The molecule has 1 fully saturated rings. The Morgan fingerprint density at radius 1 is 0.973 bits per heavy atom. The Hall–Kier alpha value is -3.32. The minimum atomic E-state index is -0.764. The number of amides is 1. The van der Waals surface area contributed by atoms with Gasteiger partial charge < -0.3 is 15.0 Å². The van der Waals surface area contributed by atoms with Crippen LogP contribution >= 0.6 is 0 Å². The Morgan fingerprint density at radius 2 is 1.68 bits per heavy atom. The summed E-state index contributed by atoms with van der Waals surface area (Å²) in [5, 5.41) is 2.97. The van der Waals surface area contributed by atoms with Gasteiger partial charge in [-0.15, -0.1) is 0 Å². The van der Waals surface area contributed by atoms with Crippen molar-refractivity contribution in [2.45, 2.75) is 45.1 Å². The summed E-state index contributed by atoms with van der Waals surface area (Å²) in [4.78, 5) is 14.4. The second-order valence-corrected chi connectivity index (χ2v) is 9.91. The first kappa shape index (κ1) is 26.7. The Kier molecular flexibility index (Phi) is 8.87. The summed E-state index contributed by atoms with van der Waals surface area (Å²) in [6, 6.07) is 17.3. The van der Waals surface area contributed by atoms with Gasteiger partial charge in [-0.2, -0.15) is 0 Å². The van der Waals surface area contributed by atoms with Gasteiger partial charge in [-0.25, -0.2) is 13.2 Å². The monoisotopic (exact) mass is 510 g/mol. The fourth-order valence-electron chi connectivity index (χ4n) is 4.64. The fourth-order valence-corrected chi connectivity index (χ4v) is 4.64. The van der Waals surface area contributed by atoms with Gasteiger partial charge >= 0.3 is 0 Å². The van der Waals surface area contributed by atoms with Crippen molar-refractivity contribution < 1.29 is 22.7 Å². The average Bonchev–Trinajstić information content (AvgIpc) is 2.89. The van der Waals surface area contributed by atoms with Crippen molar-refractivity contribution in [3.8, 4) is 5.75 Å². The SMILES string of the molecule is CC(C)C(=O)Nc1cccc(C2CCN(CCC(Oc3ccc(F)cc3F)c3ccc(F)cc3)CC2)c1. The largest absolute Gasteiger partial charge is 0.483 e. The molecule has 0 aromatic heterocycles. The zero-order valence-corrected chi connectivity index (χ0v) is 21.2. The highest BCUT2D eigenvalue weighted by molar-refractivity contribution is 5.92. The highest BCUT2D eigenvalue weighted by atomic mass is 19.1. The highest BCUT2D eigenvalue weighted by Gasteiger charge is 2.23. The molecule has 1 heterocycles. The van der Waals surface area contributed by atoms with E-state index in [-0.39, 0.29) is 23.4 Å². The molecule has 1 N–H and O–H groups in total. The van der Waals surface area contributed by atoms with Crippen molar-refractivity contribution >= 4 is 11.6 Å². The van der Waals surface area contributed by atoms with Gasteiger partial charge in [0.1, 0.15) is 17.7 Å². The molecule has 0 saturated carbocycles. The molecular formula is C30H33F3N2O2. The van der Waals surface area contributed by atoms with Crippen LogP contribution in [0.25, 0.3) is 0 Å². The van der Waals surface area contributed by atoms with E-state index in [0.29, 0.717) is 12.3 Å². The number of hydrogen-bond acceptors (Lipinski definition) is 3. The van der Waals surface area contributed by atoms with Crippen LogP contribution in [0.5, 0.6) is 5.75 Å². The summed E-state index contributed by atoms with van der Waals surface area (Å²) in [6.45, 7) is 6.26. The molecule has 0 aliphatic carbocycles. The summed E-state index contributed by atoms with van der Waals surface area (Å²) in [6.07, 6.45) is 2.04. The topological polar surface area (TPSA) is 41.6 Å². The van der Waals surface area contributed by atoms with Crippen molar-refractivity contribution in [1.29, 1.82) is 0 Å². The van der Waals surface area contributed by atoms with Crippen LogP contribution in [0.1, 0.15) is 56.3 Å². The number of carbonyl (C=O) groups is 1. The van der Waals surface area contributed by atoms with Crippen LogP contribution in [-0.2, 0) is 4.79 Å². The Balaban J connectivity index is 1.36. The average molecular weight is 511 g/mol. The molecule has 4 rings (SSSR count). The van der Waals surface area contributed by atoms with Gasteiger partial charge in [-0.05, 0) is 79.4 Å². The molecule has 1 aliphatic rings. The molecule has 0 spiro atoms. The second kappa shape index (κ2) is 12.3. The van der Waals surface area contributed by atoms with Gasteiger partial charge in [-0.1, -0.05) is 38.1 Å². The Bertz CT molecular complexity index is 1190. The van der Waals surface area contributed by atoms with Crippen LogP contribution in [-0.4, -0.2) is 30.4 Å². The van der Waals surface area contributed by atoms with Crippen molar-refractivity contribution in [1.82, 2.24) is 4.90 Å². The minimum Gasteiger partial charge on any atom is -0.483 e. The van der Waals surface area contributed by atoms with Gasteiger partial charge in [0.25, 0.3) is 0 Å². The molecule has 0 bridgehead atoms. The van der Waals surface area contributed by atoms with E-state index in [2.05, 4.69) is 22.3 Å². The number of halogens is 3. The van der Waals surface area contributed by atoms with Crippen molar-refractivity contribution in [2.75, 3.05) is 25.0 Å². The predicted molar refractivity (Wildman–Crippen MR) is 139 cm³/mol. The maximum atomic E-state index is 14.3. The summed E-state index contributed by atoms with van der Waals surface area (Å²) < 4.78 is 47.0. The lowest BCUT2D eigenvalue weighted by molar-refractivity contribution is -0.118. The summed E-state index contributed by atoms with van der Waals surface area (Å²) >= 11 is 0. The fraction of sp³-hybridized carbons (Fsp3) is 0.367. The quantitative estimate of drug-likeness (QED) is 0.334. The first-order chi connectivity index (χ1) is 17.8. The molecule has 3 aromatic rings. The normalized spacial score (nSPS) is 15.5. The number of carbonyl (C=O) groups excluding carboxylic acids is 1. The third-order valence-corrected chi connectivity index (χ3v) is 6.85. The van der Waals surface area contributed by atoms with Gasteiger partial charge in [-0.3, -0.25) is 4.79 Å². The lowest BCUT2D eigenvalue weighted by atomic mass is 9.89. The maximum Gasteiger partial charge on any atom is 0.226 e. The minimum absolute atomic E-state index is 0.00501. The van der Waals surface area contributed by atoms with Crippen LogP contribution in [0, 0.1) is 23.4 Å². The molecule has 1 saturated heterocycles. The zero-order chi connectivity index (χ0) is 26.4. The molecule has 37 heavy (non-hydrogen) atoms. The number of hydrogen-bond donors (Lipinski definition) is 1. The van der Waals surface area contributed by atoms with E-state index >= 15 is 0 Å². The summed E-state index contributed by atoms with van der Waals surface area (Å²) in [5.74, 6) is -1.48. The summed E-state index contributed by atoms with van der Waals surface area (Å²) in [5.41, 5.74) is 2.78. The third kappa shape index (κ3) is 7.35. The zero-order valence-electron chi connectivity index (χ0n) is 21.2. The molecule has 1 unspecified atom stereocenters. The predicted octanol–water partition coefficient (Wildman–Crippen LogP) is 7.09. The molecule has 7 heteroatoms. The van der Waals surface area contributed by atoms with Crippen molar-refractivity contribution in [3.63, 3.8) is 0 Å². The van der Waals surface area contributed by atoms with Crippen molar-refractivity contribution in [3.05, 3.63) is 95.3 Å². The number of likely N-dealkylation sites (tertiary alicyclic amines) is 1. The summed E-state index contributed by atoms with van der Waals surface area (Å²) in [7, 11) is 0. The second-order valence-electron chi connectivity index (χ2n) is 9.91. The van der Waals surface area contributed by atoms with Crippen LogP contribution in [0.3, 0.4) is 0 Å². The molecule has 1 atom stereocenters. The molecule has 1 amide bonds. The third-order valence-electron chi connectivity index (χ3n) is 6.85. The number of nitrogens with zero attached hydrogens (tertiary/aromatic N) is 1. The standard InChI is InChI=1S/C30H33F3N2O2/c1-20(2)30(36)34-26-5-3-4-23(18-26)21-12-15-35(16-13-21)17-14-28(22-6-8-24(31)9-7-22)37-29-11-10-25(32)19-27(29)33/h3-11,18-21,28H,12-17H2,1-2H3,(H,34,36). The van der Waals surface area contributed by atoms with Crippen LogP contribution in [0.15, 0.2) is 66.7 Å². The molecule has 3 aromatic carbocycles. The van der Waals surface area contributed by atoms with Crippen LogP contribution in [0.2, 0.25) is 0 Å². The lowest BCUT2D eigenvalue weighted by Crippen LogP contribution is -2.34. The Labute approximate surface area is 216 Å². The van der Waals surface area contributed by atoms with E-state index in [1.54, 1.807) is 12.1 Å².